The zero-order valence-electron chi connectivity index (χ0n) is 34.0. The molecule has 0 aliphatic carbocycles. The number of fused-ring (bicyclic) bond motifs is 1. The molecular formula is C55H45IrN3-2. The van der Waals surface area contributed by atoms with E-state index in [2.05, 4.69) is 179 Å². The Balaban J connectivity index is 0.000000321. The summed E-state index contributed by atoms with van der Waals surface area (Å²) >= 11 is 0. The van der Waals surface area contributed by atoms with E-state index in [1.165, 1.54) is 33.4 Å². The van der Waals surface area contributed by atoms with Crippen molar-refractivity contribution in [3.63, 3.8) is 0 Å². The summed E-state index contributed by atoms with van der Waals surface area (Å²) in [4.78, 5) is 14.2. The number of benzene rings is 6. The van der Waals surface area contributed by atoms with Crippen molar-refractivity contribution in [3.05, 3.63) is 211 Å². The van der Waals surface area contributed by atoms with Gasteiger partial charge in [-0.3, -0.25) is 4.98 Å². The molecule has 0 bridgehead atoms. The quantitative estimate of drug-likeness (QED) is 0.156. The molecule has 6 aromatic carbocycles. The number of nitrogens with zero attached hydrogens (tertiary/aromatic N) is 3. The van der Waals surface area contributed by atoms with Gasteiger partial charge in [0.15, 0.2) is 0 Å². The van der Waals surface area contributed by atoms with Gasteiger partial charge in [-0.2, -0.15) is 0 Å². The van der Waals surface area contributed by atoms with Crippen LogP contribution in [0.1, 0.15) is 37.5 Å². The number of rotatable bonds is 6. The molecular weight excluding hydrogens is 895 g/mol. The Morgan fingerprint density at radius 3 is 1.83 bits per heavy atom. The molecule has 9 rings (SSSR count). The topological polar surface area (TPSA) is 38.7 Å². The smallest absolute Gasteiger partial charge is 0.0786 e. The van der Waals surface area contributed by atoms with Gasteiger partial charge in [-0.25, -0.2) is 0 Å². The van der Waals surface area contributed by atoms with Crippen LogP contribution in [0.4, 0.5) is 0 Å². The number of aromatic nitrogens is 3. The Hall–Kier alpha value is -6.32. The van der Waals surface area contributed by atoms with Gasteiger partial charge in [0, 0.05) is 55.2 Å². The molecule has 59 heavy (non-hydrogen) atoms. The molecule has 0 fully saturated rings. The predicted molar refractivity (Wildman–Crippen MR) is 242 cm³/mol. The maximum absolute atomic E-state index is 5.16. The third-order valence-electron chi connectivity index (χ3n) is 10.6. The Kier molecular flexibility index (Phi) is 12.5. The van der Waals surface area contributed by atoms with E-state index in [9.17, 15) is 0 Å². The maximum Gasteiger partial charge on any atom is 0.0786 e. The van der Waals surface area contributed by atoms with Crippen molar-refractivity contribution < 1.29 is 20.1 Å². The second-order valence-corrected chi connectivity index (χ2v) is 15.7. The van der Waals surface area contributed by atoms with Crippen LogP contribution in [0.2, 0.25) is 0 Å². The summed E-state index contributed by atoms with van der Waals surface area (Å²) in [7, 11) is 0. The van der Waals surface area contributed by atoms with E-state index in [0.29, 0.717) is 0 Å². The first-order valence-electron chi connectivity index (χ1n) is 19.8. The van der Waals surface area contributed by atoms with E-state index in [1.807, 2.05) is 55.0 Å². The first-order valence-corrected chi connectivity index (χ1v) is 19.8. The maximum atomic E-state index is 5.16. The van der Waals surface area contributed by atoms with Crippen LogP contribution in [0, 0.1) is 26.0 Å². The molecule has 0 saturated heterocycles. The van der Waals surface area contributed by atoms with E-state index in [4.69, 9.17) is 9.97 Å². The minimum Gasteiger partial charge on any atom is -0.305 e. The van der Waals surface area contributed by atoms with Crippen molar-refractivity contribution in [2.75, 3.05) is 0 Å². The first-order chi connectivity index (χ1) is 28.2. The number of hydrogen-bond acceptors (Lipinski definition) is 3. The van der Waals surface area contributed by atoms with E-state index < -0.39 is 0 Å². The molecule has 3 nitrogen and oxygen atoms in total. The first kappa shape index (κ1) is 40.9. The van der Waals surface area contributed by atoms with Gasteiger partial charge >= 0.3 is 0 Å². The van der Waals surface area contributed by atoms with Crippen LogP contribution in [0.15, 0.2) is 182 Å². The SMILES string of the molecule is Cc1c(-c2ccccc2)cccc1-c1ccc(-c2cc[c-]c(-c3cc(C(C)(C)C)ccn3)c2)c2cc(-c3ccccc3)cnc12.Cc1ccnc(-c2[c-]cccc2)c1.[Ir]. The van der Waals surface area contributed by atoms with Crippen molar-refractivity contribution in [1.82, 2.24) is 15.0 Å². The summed E-state index contributed by atoms with van der Waals surface area (Å²) < 4.78 is 0. The summed E-state index contributed by atoms with van der Waals surface area (Å²) in [6, 6.07) is 63.6. The molecule has 0 amide bonds. The number of aryl methyl sites for hydroxylation is 1. The van der Waals surface area contributed by atoms with Crippen LogP contribution >= 0.6 is 0 Å². The largest absolute Gasteiger partial charge is 0.305 e. The van der Waals surface area contributed by atoms with Crippen LogP contribution in [0.25, 0.3) is 77.9 Å². The van der Waals surface area contributed by atoms with Gasteiger partial charge < -0.3 is 9.97 Å². The molecule has 4 heteroatoms. The fourth-order valence-electron chi connectivity index (χ4n) is 7.40. The second kappa shape index (κ2) is 18.1. The van der Waals surface area contributed by atoms with Gasteiger partial charge in [0.1, 0.15) is 0 Å². The zero-order valence-corrected chi connectivity index (χ0v) is 36.4. The summed E-state index contributed by atoms with van der Waals surface area (Å²) in [5, 5.41) is 1.12. The Morgan fingerprint density at radius 2 is 1.12 bits per heavy atom. The molecule has 0 atom stereocenters. The van der Waals surface area contributed by atoms with Crippen molar-refractivity contribution in [2.45, 2.75) is 40.0 Å². The van der Waals surface area contributed by atoms with Gasteiger partial charge in [-0.15, -0.1) is 71.3 Å². The molecule has 0 aliphatic heterocycles. The summed E-state index contributed by atoms with van der Waals surface area (Å²) in [6.07, 6.45) is 5.74. The molecule has 0 spiro atoms. The van der Waals surface area contributed by atoms with Crippen LogP contribution in [0.5, 0.6) is 0 Å². The minimum atomic E-state index is 0. The Labute approximate surface area is 362 Å². The fourth-order valence-corrected chi connectivity index (χ4v) is 7.40. The minimum absolute atomic E-state index is 0. The van der Waals surface area contributed by atoms with Crippen molar-refractivity contribution >= 4 is 10.9 Å². The molecule has 291 valence electrons. The average molecular weight is 940 g/mol. The van der Waals surface area contributed by atoms with E-state index in [0.717, 1.165) is 61.2 Å². The Bertz CT molecular complexity index is 2830. The predicted octanol–water partition coefficient (Wildman–Crippen LogP) is 14.2. The van der Waals surface area contributed by atoms with Gasteiger partial charge in [-0.05, 0) is 87.8 Å². The number of pyridine rings is 3. The molecule has 0 N–H and O–H groups in total. The van der Waals surface area contributed by atoms with Crippen molar-refractivity contribution in [1.29, 1.82) is 0 Å². The standard InChI is InChI=1S/C43H35N2.C12H10N.Ir/c1-29-36(31-15-9-6-10-16-31)19-12-20-37(29)39-22-21-38(40-26-34(28-45-42(39)40)30-13-7-5-8-14-30)32-17-11-18-33(25-32)41-27-35(23-24-44-41)43(2,3)4;1-10-7-8-13-12(9-10)11-5-3-2-4-6-11;/h5-17,19-28H,1-4H3;2-5,7-9H,1H3;/q2*-1;. The third kappa shape index (κ3) is 9.21. The molecule has 0 saturated carbocycles. The van der Waals surface area contributed by atoms with Crippen molar-refractivity contribution in [2.24, 2.45) is 0 Å². The fraction of sp³-hybridized carbons (Fsp3) is 0.109. The van der Waals surface area contributed by atoms with Crippen molar-refractivity contribution in [3.8, 4) is 67.0 Å². The van der Waals surface area contributed by atoms with E-state index in [1.54, 1.807) is 0 Å². The molecule has 9 aromatic rings. The average Bonchev–Trinajstić information content (AvgIpc) is 3.27. The van der Waals surface area contributed by atoms with Gasteiger partial charge in [-0.1, -0.05) is 129 Å². The molecule has 0 unspecified atom stereocenters. The van der Waals surface area contributed by atoms with E-state index >= 15 is 0 Å². The third-order valence-corrected chi connectivity index (χ3v) is 10.6. The molecule has 3 aromatic heterocycles. The van der Waals surface area contributed by atoms with Gasteiger partial charge in [0.25, 0.3) is 0 Å². The van der Waals surface area contributed by atoms with Gasteiger partial charge in [0.05, 0.1) is 5.52 Å². The Morgan fingerprint density at radius 1 is 0.458 bits per heavy atom. The molecule has 0 aliphatic rings. The molecule has 1 radical (unpaired) electrons. The summed E-state index contributed by atoms with van der Waals surface area (Å²) in [6.45, 7) is 11.0. The van der Waals surface area contributed by atoms with Crippen LogP contribution in [-0.4, -0.2) is 15.0 Å². The van der Waals surface area contributed by atoms with E-state index in [-0.39, 0.29) is 25.5 Å². The second-order valence-electron chi connectivity index (χ2n) is 15.7. The van der Waals surface area contributed by atoms with Crippen LogP contribution < -0.4 is 0 Å². The number of hydrogen-bond donors (Lipinski definition) is 0. The monoisotopic (exact) mass is 940 g/mol. The zero-order chi connectivity index (χ0) is 40.1. The van der Waals surface area contributed by atoms with Crippen LogP contribution in [0.3, 0.4) is 0 Å². The normalized spacial score (nSPS) is 11.0. The summed E-state index contributed by atoms with van der Waals surface area (Å²) in [5.41, 5.74) is 18.0. The van der Waals surface area contributed by atoms with Crippen LogP contribution in [-0.2, 0) is 25.5 Å². The van der Waals surface area contributed by atoms with Gasteiger partial charge in [0.2, 0.25) is 0 Å². The molecule has 3 heterocycles. The summed E-state index contributed by atoms with van der Waals surface area (Å²) in [5.74, 6) is 0.